The number of fused-ring (bicyclic) bond motifs is 1. The van der Waals surface area contributed by atoms with Gasteiger partial charge in [-0.05, 0) is 54.3 Å². The average molecular weight is 458 g/mol. The van der Waals surface area contributed by atoms with Gasteiger partial charge in [0.15, 0.2) is 5.84 Å². The zero-order valence-corrected chi connectivity index (χ0v) is 18.8. The molecular weight excluding hydrogens is 433 g/mol. The van der Waals surface area contributed by atoms with Crippen LogP contribution in [0, 0.1) is 5.82 Å². The van der Waals surface area contributed by atoms with E-state index >= 15 is 0 Å². The van der Waals surface area contributed by atoms with Crippen LogP contribution in [-0.2, 0) is 15.4 Å². The van der Waals surface area contributed by atoms with E-state index in [2.05, 4.69) is 16.2 Å². The van der Waals surface area contributed by atoms with Crippen molar-refractivity contribution in [1.29, 1.82) is 0 Å². The first-order valence-electron chi connectivity index (χ1n) is 11.2. The monoisotopic (exact) mass is 457 g/mol. The maximum absolute atomic E-state index is 13.5. The number of aromatic nitrogens is 1. The van der Waals surface area contributed by atoms with Gasteiger partial charge in [-0.1, -0.05) is 35.5 Å². The van der Waals surface area contributed by atoms with Gasteiger partial charge >= 0.3 is 0 Å². The molecule has 0 radical (unpaired) electrons. The van der Waals surface area contributed by atoms with Gasteiger partial charge in [-0.15, -0.1) is 0 Å². The number of carbonyl (C=O) groups is 1. The summed E-state index contributed by atoms with van der Waals surface area (Å²) in [5, 5.41) is 4.40. The normalized spacial score (nSPS) is 20.5. The quantitative estimate of drug-likeness (QED) is 0.479. The largest absolute Gasteiger partial charge is 0.496 e. The lowest BCUT2D eigenvalue weighted by Gasteiger charge is -2.39. The van der Waals surface area contributed by atoms with Gasteiger partial charge in [0.25, 0.3) is 0 Å². The summed E-state index contributed by atoms with van der Waals surface area (Å²) in [5.74, 6) is 1.11. The van der Waals surface area contributed by atoms with Gasteiger partial charge in [0.2, 0.25) is 5.72 Å². The highest BCUT2D eigenvalue weighted by molar-refractivity contribution is 6.03. The van der Waals surface area contributed by atoms with E-state index in [4.69, 9.17) is 9.57 Å². The third kappa shape index (κ3) is 3.83. The number of hydrogen-bond acceptors (Lipinski definition) is 6. The van der Waals surface area contributed by atoms with E-state index < -0.39 is 5.72 Å². The predicted molar refractivity (Wildman–Crippen MR) is 127 cm³/mol. The number of pyridine rings is 1. The molecule has 1 fully saturated rings. The lowest BCUT2D eigenvalue weighted by molar-refractivity contribution is -0.132. The SMILES string of the molecule is COc1cc(/C=C2\CCCN3C2=NOC3(CC=O)c2ccc(F)cc2)ccc1-c1cccnc1. The third-order valence-electron chi connectivity index (χ3n) is 6.28. The number of halogens is 1. The number of carbonyl (C=O) groups excluding carboxylic acids is 1. The highest BCUT2D eigenvalue weighted by atomic mass is 19.1. The van der Waals surface area contributed by atoms with Crippen LogP contribution < -0.4 is 4.74 Å². The molecule has 1 unspecified atom stereocenters. The summed E-state index contributed by atoms with van der Waals surface area (Å²) in [5.41, 5.74) is 3.56. The number of ether oxygens (including phenoxy) is 1. The van der Waals surface area contributed by atoms with Crippen LogP contribution in [0.5, 0.6) is 5.75 Å². The van der Waals surface area contributed by atoms with E-state index in [-0.39, 0.29) is 12.2 Å². The first-order chi connectivity index (χ1) is 16.6. The zero-order valence-electron chi connectivity index (χ0n) is 18.8. The van der Waals surface area contributed by atoms with Crippen molar-refractivity contribution in [2.24, 2.45) is 5.16 Å². The Bertz CT molecular complexity index is 1260. The number of benzene rings is 2. The predicted octanol–water partition coefficient (Wildman–Crippen LogP) is 5.16. The van der Waals surface area contributed by atoms with Gasteiger partial charge in [0, 0.05) is 35.6 Å². The molecule has 2 aliphatic rings. The first-order valence-corrected chi connectivity index (χ1v) is 11.2. The maximum Gasteiger partial charge on any atom is 0.243 e. The average Bonchev–Trinajstić information content (AvgIpc) is 3.25. The Labute approximate surface area is 197 Å². The number of nitrogens with zero attached hydrogens (tertiary/aromatic N) is 3. The summed E-state index contributed by atoms with van der Waals surface area (Å²) in [6, 6.07) is 16.0. The minimum atomic E-state index is -1.06. The number of rotatable bonds is 6. The molecule has 1 aromatic heterocycles. The molecular formula is C27H24FN3O3. The van der Waals surface area contributed by atoms with Crippen LogP contribution in [0.4, 0.5) is 4.39 Å². The van der Waals surface area contributed by atoms with Crippen molar-refractivity contribution in [2.75, 3.05) is 13.7 Å². The number of methoxy groups -OCH3 is 1. The molecule has 0 spiro atoms. The molecule has 6 nitrogen and oxygen atoms in total. The number of aldehydes is 1. The molecule has 0 amide bonds. The van der Waals surface area contributed by atoms with E-state index in [1.165, 1.54) is 12.1 Å². The molecule has 2 aromatic carbocycles. The lowest BCUT2D eigenvalue weighted by atomic mass is 9.92. The molecule has 2 aliphatic heterocycles. The van der Waals surface area contributed by atoms with Crippen LogP contribution in [0.3, 0.4) is 0 Å². The second-order valence-corrected chi connectivity index (χ2v) is 8.29. The molecule has 34 heavy (non-hydrogen) atoms. The Morgan fingerprint density at radius 1 is 1.21 bits per heavy atom. The third-order valence-corrected chi connectivity index (χ3v) is 6.28. The molecule has 5 rings (SSSR count). The first kappa shape index (κ1) is 21.8. The summed E-state index contributed by atoms with van der Waals surface area (Å²) in [6.07, 6.45) is 8.24. The van der Waals surface area contributed by atoms with Crippen molar-refractivity contribution in [3.05, 3.63) is 89.5 Å². The lowest BCUT2D eigenvalue weighted by Crippen LogP contribution is -2.49. The van der Waals surface area contributed by atoms with E-state index in [0.717, 1.165) is 47.1 Å². The van der Waals surface area contributed by atoms with E-state index in [0.29, 0.717) is 17.9 Å². The molecule has 7 heteroatoms. The molecule has 3 aromatic rings. The molecule has 3 heterocycles. The fourth-order valence-corrected chi connectivity index (χ4v) is 4.64. The van der Waals surface area contributed by atoms with Gasteiger partial charge in [-0.3, -0.25) is 4.98 Å². The molecule has 1 saturated heterocycles. The molecule has 0 N–H and O–H groups in total. The van der Waals surface area contributed by atoms with Gasteiger partial charge < -0.3 is 19.3 Å². The highest BCUT2D eigenvalue weighted by Gasteiger charge is 2.49. The van der Waals surface area contributed by atoms with Crippen molar-refractivity contribution in [1.82, 2.24) is 9.88 Å². The fourth-order valence-electron chi connectivity index (χ4n) is 4.64. The number of hydrogen-bond donors (Lipinski definition) is 0. The molecule has 172 valence electrons. The Hall–Kier alpha value is -4.00. The van der Waals surface area contributed by atoms with Crippen molar-refractivity contribution in [2.45, 2.75) is 25.0 Å². The van der Waals surface area contributed by atoms with Crippen molar-refractivity contribution in [3.8, 4) is 16.9 Å². The Morgan fingerprint density at radius 3 is 2.79 bits per heavy atom. The van der Waals surface area contributed by atoms with Crippen LogP contribution in [0.25, 0.3) is 17.2 Å². The summed E-state index contributed by atoms with van der Waals surface area (Å²) in [6.45, 7) is 0.685. The van der Waals surface area contributed by atoms with Crippen LogP contribution in [-0.4, -0.2) is 35.7 Å². The standard InChI is InChI=1S/C27H24FN3O3/c1-33-25-17-19(6-11-24(25)21-4-2-13-29-18-21)16-20-5-3-14-31-26(20)30-34-27(31,12-15-32)22-7-9-23(28)10-8-22/h2,4,6-11,13,15-18H,3,5,12,14H2,1H3/b20-16+. The molecule has 0 aliphatic carbocycles. The molecule has 0 saturated carbocycles. The number of amidine groups is 1. The van der Waals surface area contributed by atoms with Crippen LogP contribution >= 0.6 is 0 Å². The zero-order chi connectivity index (χ0) is 23.5. The Balaban J connectivity index is 1.48. The highest BCUT2D eigenvalue weighted by Crippen LogP contribution is 2.42. The van der Waals surface area contributed by atoms with Gasteiger partial charge in [-0.2, -0.15) is 0 Å². The van der Waals surface area contributed by atoms with Gasteiger partial charge in [-0.25, -0.2) is 4.39 Å². The summed E-state index contributed by atoms with van der Waals surface area (Å²) < 4.78 is 19.2. The summed E-state index contributed by atoms with van der Waals surface area (Å²) in [4.78, 5) is 23.8. The van der Waals surface area contributed by atoms with Crippen molar-refractivity contribution in [3.63, 3.8) is 0 Å². The van der Waals surface area contributed by atoms with E-state index in [1.54, 1.807) is 25.4 Å². The topological polar surface area (TPSA) is 64.0 Å². The Kier molecular flexibility index (Phi) is 5.84. The van der Waals surface area contributed by atoms with Crippen LogP contribution in [0.2, 0.25) is 0 Å². The van der Waals surface area contributed by atoms with Gasteiger partial charge in [0.1, 0.15) is 17.9 Å². The smallest absolute Gasteiger partial charge is 0.243 e. The maximum atomic E-state index is 13.5. The Morgan fingerprint density at radius 2 is 2.06 bits per heavy atom. The van der Waals surface area contributed by atoms with Crippen molar-refractivity contribution >= 4 is 18.2 Å². The second kappa shape index (κ2) is 9.09. The van der Waals surface area contributed by atoms with Crippen LogP contribution in [0.15, 0.2) is 77.7 Å². The van der Waals surface area contributed by atoms with E-state index in [1.807, 2.05) is 41.4 Å². The second-order valence-electron chi connectivity index (χ2n) is 8.29. The number of oxime groups is 1. The summed E-state index contributed by atoms with van der Waals surface area (Å²) in [7, 11) is 1.65. The van der Waals surface area contributed by atoms with Gasteiger partial charge in [0.05, 0.1) is 13.5 Å². The summed E-state index contributed by atoms with van der Waals surface area (Å²) >= 11 is 0. The number of piperidine rings is 1. The minimum Gasteiger partial charge on any atom is -0.496 e. The molecule has 1 atom stereocenters. The minimum absolute atomic E-state index is 0.0898. The molecule has 0 bridgehead atoms. The van der Waals surface area contributed by atoms with E-state index in [9.17, 15) is 9.18 Å². The van der Waals surface area contributed by atoms with Crippen LogP contribution in [0.1, 0.15) is 30.4 Å². The fraction of sp³-hybridized carbons (Fsp3) is 0.222. The van der Waals surface area contributed by atoms with Crippen molar-refractivity contribution < 1.29 is 18.8 Å².